The molecule has 3 rings (SSSR count). The number of hydrogen-bond donors (Lipinski definition) is 1. The molecule has 2 aromatic rings. The zero-order chi connectivity index (χ0) is 13.9. The molecule has 4 heteroatoms. The summed E-state index contributed by atoms with van der Waals surface area (Å²) in [6, 6.07) is 9.21. The number of likely N-dealkylation sites (tertiary alicyclic amines) is 1. The van der Waals surface area contributed by atoms with E-state index >= 15 is 0 Å². The summed E-state index contributed by atoms with van der Waals surface area (Å²) >= 11 is 0. The van der Waals surface area contributed by atoms with Crippen molar-refractivity contribution in [1.29, 1.82) is 0 Å². The third-order valence-corrected chi connectivity index (χ3v) is 3.80. The zero-order valence-corrected chi connectivity index (χ0v) is 11.3. The molecule has 2 heterocycles. The summed E-state index contributed by atoms with van der Waals surface area (Å²) in [5, 5.41) is 0. The van der Waals surface area contributed by atoms with E-state index in [0.717, 1.165) is 31.5 Å². The molecule has 1 atom stereocenters. The minimum atomic E-state index is -0.267. The number of nitrogens with zero attached hydrogens (tertiary/aromatic N) is 2. The minimum Gasteiger partial charge on any atom is -0.399 e. The van der Waals surface area contributed by atoms with Gasteiger partial charge >= 0.3 is 0 Å². The Balaban J connectivity index is 1.79. The Morgan fingerprint density at radius 2 is 2.25 bits per heavy atom. The molecule has 2 N–H and O–H groups in total. The Kier molecular flexibility index (Phi) is 3.65. The number of halogens is 1. The molecule has 3 nitrogen and oxygen atoms in total. The Bertz CT molecular complexity index is 565. The molecule has 0 spiro atoms. The van der Waals surface area contributed by atoms with Gasteiger partial charge in [0.2, 0.25) is 0 Å². The van der Waals surface area contributed by atoms with E-state index < -0.39 is 0 Å². The van der Waals surface area contributed by atoms with Gasteiger partial charge in [0.25, 0.3) is 0 Å². The van der Waals surface area contributed by atoms with Crippen LogP contribution in [0.15, 0.2) is 42.7 Å². The fraction of sp³-hybridized carbons (Fsp3) is 0.312. The average molecular weight is 271 g/mol. The second-order valence-electron chi connectivity index (χ2n) is 5.31. The van der Waals surface area contributed by atoms with E-state index in [-0.39, 0.29) is 5.82 Å². The summed E-state index contributed by atoms with van der Waals surface area (Å²) in [5.74, 6) is -0.267. The van der Waals surface area contributed by atoms with Crippen LogP contribution in [0.2, 0.25) is 0 Å². The number of anilines is 1. The van der Waals surface area contributed by atoms with Gasteiger partial charge in [0.15, 0.2) is 0 Å². The molecule has 1 aromatic heterocycles. The molecule has 0 saturated carbocycles. The predicted molar refractivity (Wildman–Crippen MR) is 77.4 cm³/mol. The SMILES string of the molecule is Nc1cc(F)cc(CN2CCCC2c2cccnc2)c1. The maximum Gasteiger partial charge on any atom is 0.125 e. The highest BCUT2D eigenvalue weighted by Crippen LogP contribution is 2.32. The summed E-state index contributed by atoms with van der Waals surface area (Å²) in [5.41, 5.74) is 8.35. The number of hydrogen-bond acceptors (Lipinski definition) is 3. The maximum absolute atomic E-state index is 13.4. The Labute approximate surface area is 118 Å². The van der Waals surface area contributed by atoms with Gasteiger partial charge in [0, 0.05) is 30.7 Å². The Morgan fingerprint density at radius 1 is 1.35 bits per heavy atom. The number of nitrogens with two attached hydrogens (primary N) is 1. The first-order chi connectivity index (χ1) is 9.72. The van der Waals surface area contributed by atoms with Crippen molar-refractivity contribution in [3.05, 3.63) is 59.7 Å². The van der Waals surface area contributed by atoms with E-state index in [1.807, 2.05) is 18.3 Å². The lowest BCUT2D eigenvalue weighted by Gasteiger charge is -2.24. The molecule has 0 radical (unpaired) electrons. The van der Waals surface area contributed by atoms with E-state index in [0.29, 0.717) is 11.7 Å². The average Bonchev–Trinajstić information content (AvgIpc) is 2.86. The van der Waals surface area contributed by atoms with Crippen LogP contribution in [0.25, 0.3) is 0 Å². The molecule has 0 aliphatic carbocycles. The van der Waals surface area contributed by atoms with Gasteiger partial charge in [0.05, 0.1) is 0 Å². The maximum atomic E-state index is 13.4. The lowest BCUT2D eigenvalue weighted by atomic mass is 10.1. The lowest BCUT2D eigenvalue weighted by molar-refractivity contribution is 0.248. The van der Waals surface area contributed by atoms with Crippen molar-refractivity contribution in [2.45, 2.75) is 25.4 Å². The van der Waals surface area contributed by atoms with E-state index in [1.165, 1.54) is 11.6 Å². The first-order valence-corrected chi connectivity index (χ1v) is 6.91. The van der Waals surface area contributed by atoms with Crippen molar-refractivity contribution in [1.82, 2.24) is 9.88 Å². The predicted octanol–water partition coefficient (Wildman–Crippen LogP) is 3.14. The van der Waals surface area contributed by atoms with Gasteiger partial charge in [-0.25, -0.2) is 4.39 Å². The fourth-order valence-corrected chi connectivity index (χ4v) is 2.97. The minimum absolute atomic E-state index is 0.267. The fourth-order valence-electron chi connectivity index (χ4n) is 2.97. The standard InChI is InChI=1S/C16H18FN3/c17-14-7-12(8-15(18)9-14)11-20-6-2-4-16(20)13-3-1-5-19-10-13/h1,3,5,7-10,16H,2,4,6,11,18H2. The van der Waals surface area contributed by atoms with Gasteiger partial charge in [-0.2, -0.15) is 0 Å². The third-order valence-electron chi connectivity index (χ3n) is 3.80. The summed E-state index contributed by atoms with van der Waals surface area (Å²) < 4.78 is 13.4. The highest BCUT2D eigenvalue weighted by atomic mass is 19.1. The molecule has 1 unspecified atom stereocenters. The third kappa shape index (κ3) is 2.80. The molecule has 1 aromatic carbocycles. The molecule has 0 amide bonds. The largest absolute Gasteiger partial charge is 0.399 e. The van der Waals surface area contributed by atoms with Crippen molar-refractivity contribution in [3.8, 4) is 0 Å². The summed E-state index contributed by atoms with van der Waals surface area (Å²) in [6.07, 6.45) is 5.99. The van der Waals surface area contributed by atoms with Crippen LogP contribution in [-0.2, 0) is 6.54 Å². The van der Waals surface area contributed by atoms with Gasteiger partial charge in [-0.1, -0.05) is 6.07 Å². The van der Waals surface area contributed by atoms with Crippen molar-refractivity contribution >= 4 is 5.69 Å². The molecule has 0 bridgehead atoms. The van der Waals surface area contributed by atoms with Gasteiger partial charge in [-0.05, 0) is 54.8 Å². The second-order valence-corrected chi connectivity index (χ2v) is 5.31. The smallest absolute Gasteiger partial charge is 0.125 e. The first-order valence-electron chi connectivity index (χ1n) is 6.91. The zero-order valence-electron chi connectivity index (χ0n) is 11.3. The highest BCUT2D eigenvalue weighted by molar-refractivity contribution is 5.41. The van der Waals surface area contributed by atoms with Crippen LogP contribution in [-0.4, -0.2) is 16.4 Å². The molecule has 1 saturated heterocycles. The monoisotopic (exact) mass is 271 g/mol. The van der Waals surface area contributed by atoms with Gasteiger partial charge in [0.1, 0.15) is 5.82 Å². The Hall–Kier alpha value is -1.94. The quantitative estimate of drug-likeness (QED) is 0.872. The van der Waals surface area contributed by atoms with Crippen LogP contribution in [0.4, 0.5) is 10.1 Å². The normalized spacial score (nSPS) is 19.4. The van der Waals surface area contributed by atoms with Crippen molar-refractivity contribution in [2.75, 3.05) is 12.3 Å². The molecule has 1 aliphatic rings. The number of nitrogen functional groups attached to an aromatic ring is 1. The Morgan fingerprint density at radius 3 is 3.00 bits per heavy atom. The number of aromatic nitrogens is 1. The molecular formula is C16H18FN3. The first kappa shape index (κ1) is 13.1. The molecule has 104 valence electrons. The van der Waals surface area contributed by atoms with Crippen LogP contribution in [0.3, 0.4) is 0 Å². The van der Waals surface area contributed by atoms with Gasteiger partial charge < -0.3 is 5.73 Å². The van der Waals surface area contributed by atoms with E-state index in [9.17, 15) is 4.39 Å². The topological polar surface area (TPSA) is 42.1 Å². The number of benzene rings is 1. The molecule has 1 fully saturated rings. The summed E-state index contributed by atoms with van der Waals surface area (Å²) in [6.45, 7) is 1.75. The summed E-state index contributed by atoms with van der Waals surface area (Å²) in [4.78, 5) is 6.56. The van der Waals surface area contributed by atoms with Gasteiger partial charge in [-0.3, -0.25) is 9.88 Å². The number of rotatable bonds is 3. The van der Waals surface area contributed by atoms with Crippen molar-refractivity contribution < 1.29 is 4.39 Å². The molecular weight excluding hydrogens is 253 g/mol. The van der Waals surface area contributed by atoms with E-state index in [4.69, 9.17) is 5.73 Å². The lowest BCUT2D eigenvalue weighted by Crippen LogP contribution is -2.23. The van der Waals surface area contributed by atoms with Crippen molar-refractivity contribution in [2.24, 2.45) is 0 Å². The highest BCUT2D eigenvalue weighted by Gasteiger charge is 2.26. The van der Waals surface area contributed by atoms with Gasteiger partial charge in [-0.15, -0.1) is 0 Å². The van der Waals surface area contributed by atoms with E-state index in [1.54, 1.807) is 12.3 Å². The van der Waals surface area contributed by atoms with Crippen LogP contribution in [0.5, 0.6) is 0 Å². The van der Waals surface area contributed by atoms with Crippen LogP contribution >= 0.6 is 0 Å². The molecule has 20 heavy (non-hydrogen) atoms. The molecule has 1 aliphatic heterocycles. The number of pyridine rings is 1. The van der Waals surface area contributed by atoms with Crippen LogP contribution in [0.1, 0.15) is 30.0 Å². The van der Waals surface area contributed by atoms with E-state index in [2.05, 4.69) is 16.0 Å². The van der Waals surface area contributed by atoms with Crippen LogP contribution in [0, 0.1) is 5.82 Å². The second kappa shape index (κ2) is 5.59. The van der Waals surface area contributed by atoms with Crippen LogP contribution < -0.4 is 5.73 Å². The van der Waals surface area contributed by atoms with Crippen molar-refractivity contribution in [3.63, 3.8) is 0 Å². The summed E-state index contributed by atoms with van der Waals surface area (Å²) in [7, 11) is 0.